The number of carbonyl (C=O) groups excluding carboxylic acids is 3. The number of nitrogens with zero attached hydrogens (tertiary/aromatic N) is 3. The molecule has 3 aliphatic rings. The van der Waals surface area contributed by atoms with Crippen molar-refractivity contribution in [3.63, 3.8) is 0 Å². The number of Topliss-reactive ketones (excluding diaryl/α,β-unsaturated/α-hetero) is 1. The molecule has 2 aromatic carbocycles. The number of rotatable bonds is 4. The van der Waals surface area contributed by atoms with E-state index in [2.05, 4.69) is 4.98 Å². The molecule has 9 heteroatoms. The number of methoxy groups -OCH3 is 1. The van der Waals surface area contributed by atoms with Crippen LogP contribution in [0.3, 0.4) is 0 Å². The molecule has 1 saturated heterocycles. The zero-order valence-corrected chi connectivity index (χ0v) is 20.4. The van der Waals surface area contributed by atoms with E-state index >= 15 is 0 Å². The predicted octanol–water partition coefficient (Wildman–Crippen LogP) is 2.89. The number of aromatic nitrogens is 1. The van der Waals surface area contributed by atoms with Crippen LogP contribution in [0.25, 0.3) is 0 Å². The normalized spacial score (nSPS) is 21.8. The molecule has 6 rings (SSSR count). The highest BCUT2D eigenvalue weighted by molar-refractivity contribution is 6.03. The van der Waals surface area contributed by atoms with E-state index in [-0.39, 0.29) is 43.4 Å². The van der Waals surface area contributed by atoms with Gasteiger partial charge in [0.1, 0.15) is 11.7 Å². The third-order valence-corrected chi connectivity index (χ3v) is 7.36. The number of hydrogen-bond donors (Lipinski definition) is 0. The molecule has 0 bridgehead atoms. The molecule has 3 aromatic rings. The van der Waals surface area contributed by atoms with Crippen LogP contribution >= 0.6 is 0 Å². The summed E-state index contributed by atoms with van der Waals surface area (Å²) < 4.78 is 16.8. The first kappa shape index (κ1) is 23.0. The van der Waals surface area contributed by atoms with Gasteiger partial charge in [0.05, 0.1) is 13.2 Å². The average molecular weight is 500 g/mol. The van der Waals surface area contributed by atoms with Gasteiger partial charge in [0.25, 0.3) is 5.91 Å². The van der Waals surface area contributed by atoms with E-state index in [0.717, 1.165) is 11.1 Å². The second-order valence-corrected chi connectivity index (χ2v) is 9.32. The van der Waals surface area contributed by atoms with Crippen molar-refractivity contribution < 1.29 is 28.6 Å². The first-order chi connectivity index (χ1) is 18.0. The van der Waals surface area contributed by atoms with Crippen molar-refractivity contribution in [3.8, 4) is 17.2 Å². The Balaban J connectivity index is 1.47. The molecule has 0 N–H and O–H groups in total. The Kier molecular flexibility index (Phi) is 5.55. The molecule has 0 radical (unpaired) electrons. The Morgan fingerprint density at radius 1 is 1.05 bits per heavy atom. The van der Waals surface area contributed by atoms with Gasteiger partial charge in [0.2, 0.25) is 18.4 Å². The largest absolute Gasteiger partial charge is 0.493 e. The minimum atomic E-state index is -0.794. The lowest BCUT2D eigenvalue weighted by Gasteiger charge is -2.50. The molecule has 37 heavy (non-hydrogen) atoms. The number of carbonyl (C=O) groups is 3. The fourth-order valence-electron chi connectivity index (χ4n) is 5.66. The van der Waals surface area contributed by atoms with Gasteiger partial charge in [-0.05, 0) is 29.3 Å². The van der Waals surface area contributed by atoms with E-state index in [1.165, 1.54) is 6.92 Å². The summed E-state index contributed by atoms with van der Waals surface area (Å²) in [6.45, 7) is 1.82. The fourth-order valence-corrected chi connectivity index (χ4v) is 5.66. The van der Waals surface area contributed by atoms with Crippen LogP contribution in [0.15, 0.2) is 60.8 Å². The monoisotopic (exact) mass is 499 g/mol. The van der Waals surface area contributed by atoms with E-state index in [1.54, 1.807) is 53.4 Å². The van der Waals surface area contributed by atoms with Crippen molar-refractivity contribution in [2.75, 3.05) is 27.0 Å². The van der Waals surface area contributed by atoms with Crippen LogP contribution in [0, 0.1) is 0 Å². The van der Waals surface area contributed by atoms with Crippen LogP contribution in [0.5, 0.6) is 17.2 Å². The molecular weight excluding hydrogens is 474 g/mol. The summed E-state index contributed by atoms with van der Waals surface area (Å²) in [5, 5.41) is 0. The molecule has 3 atom stereocenters. The maximum atomic E-state index is 13.7. The maximum absolute atomic E-state index is 13.7. The smallest absolute Gasteiger partial charge is 0.273 e. The third kappa shape index (κ3) is 3.69. The number of hydrogen-bond acceptors (Lipinski definition) is 7. The van der Waals surface area contributed by atoms with Gasteiger partial charge in [-0.25, -0.2) is 0 Å². The SMILES string of the molecule is COc1cc([C@H]2c3cccnc3C(=O)N3C[C@@H](C(=O)c4ccccc4)N(C(C)=O)C[C@H]23)cc2c1OCO2. The standard InChI is InChI=1S/C28H25N3O6/c1-16(32)30-13-20-24(18-11-22(35-2)27-23(12-18)36-15-37-27)19-9-6-10-29-25(19)28(34)31(20)14-21(30)26(33)17-7-4-3-5-8-17/h3-12,20-21,24H,13-15H2,1-2H3/t20-,21+,24+/m1/s1. The van der Waals surface area contributed by atoms with Crippen LogP contribution in [0.4, 0.5) is 0 Å². The molecular formula is C28H25N3O6. The van der Waals surface area contributed by atoms with Crippen molar-refractivity contribution >= 4 is 17.6 Å². The lowest BCUT2D eigenvalue weighted by molar-refractivity contribution is -0.133. The van der Waals surface area contributed by atoms with E-state index < -0.39 is 12.1 Å². The van der Waals surface area contributed by atoms with E-state index in [1.807, 2.05) is 24.3 Å². The minimum absolute atomic E-state index is 0.0744. The lowest BCUT2D eigenvalue weighted by Crippen LogP contribution is -2.66. The Hall–Kier alpha value is -4.40. The highest BCUT2D eigenvalue weighted by atomic mass is 16.7. The Bertz CT molecular complexity index is 1410. The van der Waals surface area contributed by atoms with E-state index in [9.17, 15) is 14.4 Å². The zero-order chi connectivity index (χ0) is 25.7. The Morgan fingerprint density at radius 3 is 2.62 bits per heavy atom. The van der Waals surface area contributed by atoms with Gasteiger partial charge in [0, 0.05) is 37.7 Å². The number of ketones is 1. The molecule has 9 nitrogen and oxygen atoms in total. The van der Waals surface area contributed by atoms with Crippen LogP contribution < -0.4 is 14.2 Å². The van der Waals surface area contributed by atoms with E-state index in [0.29, 0.717) is 28.5 Å². The van der Waals surface area contributed by atoms with Crippen molar-refractivity contribution in [3.05, 3.63) is 83.2 Å². The van der Waals surface area contributed by atoms with Crippen molar-refractivity contribution in [2.45, 2.75) is 24.9 Å². The van der Waals surface area contributed by atoms with Gasteiger partial charge in [-0.1, -0.05) is 36.4 Å². The summed E-state index contributed by atoms with van der Waals surface area (Å²) >= 11 is 0. The molecule has 4 heterocycles. The highest BCUT2D eigenvalue weighted by Gasteiger charge is 2.49. The number of ether oxygens (including phenoxy) is 3. The van der Waals surface area contributed by atoms with E-state index in [4.69, 9.17) is 14.2 Å². The van der Waals surface area contributed by atoms with Gasteiger partial charge >= 0.3 is 0 Å². The van der Waals surface area contributed by atoms with Crippen LogP contribution in [0.1, 0.15) is 44.8 Å². The molecule has 3 aliphatic heterocycles. The van der Waals surface area contributed by atoms with Crippen molar-refractivity contribution in [1.82, 2.24) is 14.8 Å². The molecule has 0 unspecified atom stereocenters. The second kappa shape index (κ2) is 8.92. The average Bonchev–Trinajstić information content (AvgIpc) is 3.41. The van der Waals surface area contributed by atoms with Crippen LogP contribution in [0.2, 0.25) is 0 Å². The highest BCUT2D eigenvalue weighted by Crippen LogP contribution is 2.47. The second-order valence-electron chi connectivity index (χ2n) is 9.32. The molecule has 2 amide bonds. The van der Waals surface area contributed by atoms with Crippen molar-refractivity contribution in [1.29, 1.82) is 0 Å². The molecule has 0 spiro atoms. The van der Waals surface area contributed by atoms with Gasteiger partial charge in [-0.2, -0.15) is 0 Å². The zero-order valence-electron chi connectivity index (χ0n) is 20.4. The number of benzene rings is 2. The van der Waals surface area contributed by atoms with Gasteiger partial charge in [-0.3, -0.25) is 19.4 Å². The quantitative estimate of drug-likeness (QED) is 0.509. The van der Waals surface area contributed by atoms with Gasteiger partial charge in [0.15, 0.2) is 17.3 Å². The summed E-state index contributed by atoms with van der Waals surface area (Å²) in [5.41, 5.74) is 2.43. The summed E-state index contributed by atoms with van der Waals surface area (Å²) in [6.07, 6.45) is 1.59. The maximum Gasteiger partial charge on any atom is 0.273 e. The first-order valence-corrected chi connectivity index (χ1v) is 12.1. The fraction of sp³-hybridized carbons (Fsp3) is 0.286. The minimum Gasteiger partial charge on any atom is -0.493 e. The van der Waals surface area contributed by atoms with Crippen LogP contribution in [-0.4, -0.2) is 71.5 Å². The number of pyridine rings is 1. The molecule has 0 aliphatic carbocycles. The third-order valence-electron chi connectivity index (χ3n) is 7.36. The summed E-state index contributed by atoms with van der Waals surface area (Å²) in [5.74, 6) is 0.604. The van der Waals surface area contributed by atoms with Gasteiger partial charge in [-0.15, -0.1) is 0 Å². The Morgan fingerprint density at radius 2 is 1.86 bits per heavy atom. The number of amides is 2. The molecule has 188 valence electrons. The van der Waals surface area contributed by atoms with Crippen molar-refractivity contribution in [2.24, 2.45) is 0 Å². The topological polar surface area (TPSA) is 98.3 Å². The molecule has 1 fully saturated rings. The first-order valence-electron chi connectivity index (χ1n) is 12.1. The number of piperazine rings is 1. The molecule has 1 aromatic heterocycles. The molecule has 0 saturated carbocycles. The van der Waals surface area contributed by atoms with Crippen LogP contribution in [-0.2, 0) is 4.79 Å². The summed E-state index contributed by atoms with van der Waals surface area (Å²) in [7, 11) is 1.56. The number of fused-ring (bicyclic) bond motifs is 3. The Labute approximate surface area is 213 Å². The predicted molar refractivity (Wildman–Crippen MR) is 132 cm³/mol. The summed E-state index contributed by atoms with van der Waals surface area (Å²) in [6, 6.07) is 15.1. The summed E-state index contributed by atoms with van der Waals surface area (Å²) in [4.78, 5) is 47.8. The van der Waals surface area contributed by atoms with Gasteiger partial charge < -0.3 is 24.0 Å². The lowest BCUT2D eigenvalue weighted by atomic mass is 9.78.